The van der Waals surface area contributed by atoms with E-state index in [1.807, 2.05) is 30.5 Å². The number of aryl methyl sites for hydroxylation is 1. The van der Waals surface area contributed by atoms with Crippen LogP contribution in [-0.2, 0) is 4.79 Å². The monoisotopic (exact) mass is 318 g/mol. The molecule has 1 atom stereocenters. The highest BCUT2D eigenvalue weighted by Crippen LogP contribution is 2.37. The minimum absolute atomic E-state index is 0.0549. The number of aliphatic hydroxyl groups excluding tert-OH is 1. The fourth-order valence-electron chi connectivity index (χ4n) is 2.52. The van der Waals surface area contributed by atoms with E-state index in [2.05, 4.69) is 4.98 Å². The van der Waals surface area contributed by atoms with E-state index in [-0.39, 0.29) is 12.5 Å². The molecule has 0 bridgehead atoms. The van der Waals surface area contributed by atoms with E-state index in [1.165, 1.54) is 0 Å². The molecule has 0 saturated carbocycles. The van der Waals surface area contributed by atoms with Crippen LogP contribution in [0.15, 0.2) is 23.6 Å². The first kappa shape index (κ1) is 15.0. The maximum atomic E-state index is 12.4. The second-order valence-electron chi connectivity index (χ2n) is 5.26. The topological polar surface area (TPSA) is 62.7 Å². The summed E-state index contributed by atoms with van der Waals surface area (Å²) in [6, 6.07) is 5.78. The number of carbonyl (C=O) groups excluding carboxylic acids is 1. The Balaban J connectivity index is 2.01. The van der Waals surface area contributed by atoms with Crippen molar-refractivity contribution in [1.82, 2.24) is 4.98 Å². The number of thiazole rings is 1. The van der Waals surface area contributed by atoms with Crippen LogP contribution < -0.4 is 9.64 Å². The molecule has 0 spiro atoms. The van der Waals surface area contributed by atoms with Crippen LogP contribution in [0.2, 0.25) is 0 Å². The molecule has 5 nitrogen and oxygen atoms in total. The number of rotatable bonds is 4. The van der Waals surface area contributed by atoms with Gasteiger partial charge in [-0.1, -0.05) is 0 Å². The number of aliphatic hydroxyl groups is 1. The standard InChI is InChI=1S/C16H18N2O3S/c1-10-16(20)18(6-3-7-19)14-8-12(4-5-15(14)21-10)13-9-22-11(2)17-13/h4-5,8-10,19H,3,6-7H2,1-2H3. The van der Waals surface area contributed by atoms with Gasteiger partial charge < -0.3 is 14.7 Å². The molecule has 0 fully saturated rings. The summed E-state index contributed by atoms with van der Waals surface area (Å²) < 4.78 is 5.68. The van der Waals surface area contributed by atoms with Gasteiger partial charge in [-0.15, -0.1) is 11.3 Å². The molecule has 1 amide bonds. The van der Waals surface area contributed by atoms with Gasteiger partial charge in [-0.05, 0) is 38.5 Å². The third kappa shape index (κ3) is 2.71. The molecule has 0 saturated heterocycles. The predicted octanol–water partition coefficient (Wildman–Crippen LogP) is 2.61. The normalized spacial score (nSPS) is 17.3. The van der Waals surface area contributed by atoms with Gasteiger partial charge in [-0.3, -0.25) is 4.79 Å². The lowest BCUT2D eigenvalue weighted by atomic mass is 10.1. The zero-order valence-corrected chi connectivity index (χ0v) is 13.4. The number of benzene rings is 1. The van der Waals surface area contributed by atoms with Gasteiger partial charge in [0.1, 0.15) is 5.75 Å². The average Bonchev–Trinajstić information content (AvgIpc) is 2.94. The van der Waals surface area contributed by atoms with Crippen molar-refractivity contribution in [3.63, 3.8) is 0 Å². The molecule has 2 aromatic rings. The smallest absolute Gasteiger partial charge is 0.267 e. The summed E-state index contributed by atoms with van der Waals surface area (Å²) in [7, 11) is 0. The van der Waals surface area contributed by atoms with Crippen molar-refractivity contribution in [2.45, 2.75) is 26.4 Å². The molecule has 3 rings (SSSR count). The Morgan fingerprint density at radius 2 is 2.27 bits per heavy atom. The highest BCUT2D eigenvalue weighted by Gasteiger charge is 2.31. The number of ether oxygens (including phenoxy) is 1. The number of amides is 1. The van der Waals surface area contributed by atoms with Crippen LogP contribution in [-0.4, -0.2) is 35.3 Å². The van der Waals surface area contributed by atoms with Crippen LogP contribution in [0, 0.1) is 6.92 Å². The fraction of sp³-hybridized carbons (Fsp3) is 0.375. The van der Waals surface area contributed by atoms with Gasteiger partial charge in [0, 0.05) is 24.1 Å². The molecule has 6 heteroatoms. The molecule has 1 unspecified atom stereocenters. The van der Waals surface area contributed by atoms with E-state index >= 15 is 0 Å². The number of carbonyl (C=O) groups is 1. The van der Waals surface area contributed by atoms with Crippen molar-refractivity contribution in [1.29, 1.82) is 0 Å². The highest BCUT2D eigenvalue weighted by molar-refractivity contribution is 7.09. The maximum absolute atomic E-state index is 12.4. The highest BCUT2D eigenvalue weighted by atomic mass is 32.1. The summed E-state index contributed by atoms with van der Waals surface area (Å²) in [6.45, 7) is 4.25. The quantitative estimate of drug-likeness (QED) is 0.941. The lowest BCUT2D eigenvalue weighted by Gasteiger charge is -2.33. The summed E-state index contributed by atoms with van der Waals surface area (Å²) in [5, 5.41) is 12.1. The van der Waals surface area contributed by atoms with Gasteiger partial charge in [0.25, 0.3) is 5.91 Å². The van der Waals surface area contributed by atoms with Crippen molar-refractivity contribution in [2.75, 3.05) is 18.1 Å². The van der Waals surface area contributed by atoms with Crippen LogP contribution in [0.3, 0.4) is 0 Å². The second kappa shape index (κ2) is 6.06. The van der Waals surface area contributed by atoms with Gasteiger partial charge in [0.05, 0.1) is 16.4 Å². The summed E-state index contributed by atoms with van der Waals surface area (Å²) in [4.78, 5) is 18.5. The summed E-state index contributed by atoms with van der Waals surface area (Å²) in [5.41, 5.74) is 2.61. The van der Waals surface area contributed by atoms with Crippen molar-refractivity contribution in [3.05, 3.63) is 28.6 Å². The van der Waals surface area contributed by atoms with Crippen LogP contribution >= 0.6 is 11.3 Å². The Morgan fingerprint density at radius 3 is 2.95 bits per heavy atom. The molecule has 2 heterocycles. The second-order valence-corrected chi connectivity index (χ2v) is 6.32. The lowest BCUT2D eigenvalue weighted by Crippen LogP contribution is -2.45. The molecule has 1 aromatic heterocycles. The van der Waals surface area contributed by atoms with E-state index < -0.39 is 6.10 Å². The van der Waals surface area contributed by atoms with Gasteiger partial charge in [-0.2, -0.15) is 0 Å². The minimum atomic E-state index is -0.501. The number of aromatic nitrogens is 1. The average molecular weight is 318 g/mol. The van der Waals surface area contributed by atoms with Gasteiger partial charge >= 0.3 is 0 Å². The maximum Gasteiger partial charge on any atom is 0.267 e. The summed E-state index contributed by atoms with van der Waals surface area (Å²) >= 11 is 1.60. The molecule has 0 radical (unpaired) electrons. The zero-order valence-electron chi connectivity index (χ0n) is 12.6. The Kier molecular flexibility index (Phi) is 4.13. The van der Waals surface area contributed by atoms with Crippen LogP contribution in [0.1, 0.15) is 18.4 Å². The van der Waals surface area contributed by atoms with E-state index in [9.17, 15) is 4.79 Å². The Labute approximate surface area is 133 Å². The Hall–Kier alpha value is -1.92. The molecule has 116 valence electrons. The molecule has 1 N–H and O–H groups in total. The number of hydrogen-bond acceptors (Lipinski definition) is 5. The number of anilines is 1. The molecule has 1 aliphatic heterocycles. The zero-order chi connectivity index (χ0) is 15.7. The first-order valence-corrected chi connectivity index (χ1v) is 8.13. The Bertz CT molecular complexity index is 698. The molecule has 1 aliphatic rings. The fourth-order valence-corrected chi connectivity index (χ4v) is 3.14. The van der Waals surface area contributed by atoms with Crippen LogP contribution in [0.25, 0.3) is 11.3 Å². The van der Waals surface area contributed by atoms with Crippen molar-refractivity contribution in [3.8, 4) is 17.0 Å². The molecule has 1 aromatic carbocycles. The number of hydrogen-bond donors (Lipinski definition) is 1. The van der Waals surface area contributed by atoms with Gasteiger partial charge in [-0.25, -0.2) is 4.98 Å². The predicted molar refractivity (Wildman–Crippen MR) is 86.4 cm³/mol. The lowest BCUT2D eigenvalue weighted by molar-refractivity contribution is -0.125. The summed E-state index contributed by atoms with van der Waals surface area (Å²) in [6.07, 6.45) is 0.0383. The van der Waals surface area contributed by atoms with Crippen molar-refractivity contribution < 1.29 is 14.6 Å². The van der Waals surface area contributed by atoms with E-state index in [0.717, 1.165) is 22.0 Å². The van der Waals surface area contributed by atoms with E-state index in [1.54, 1.807) is 23.2 Å². The molecular formula is C16H18N2O3S. The first-order chi connectivity index (χ1) is 10.6. The molecule has 0 aliphatic carbocycles. The van der Waals surface area contributed by atoms with Crippen LogP contribution in [0.5, 0.6) is 5.75 Å². The minimum Gasteiger partial charge on any atom is -0.479 e. The third-order valence-corrected chi connectivity index (χ3v) is 4.40. The van der Waals surface area contributed by atoms with E-state index in [0.29, 0.717) is 18.7 Å². The first-order valence-electron chi connectivity index (χ1n) is 7.25. The number of fused-ring (bicyclic) bond motifs is 1. The van der Waals surface area contributed by atoms with Gasteiger partial charge in [0.15, 0.2) is 6.10 Å². The SMILES string of the molecule is Cc1nc(-c2ccc3c(c2)N(CCCO)C(=O)C(C)O3)cs1. The Morgan fingerprint density at radius 1 is 1.45 bits per heavy atom. The molecular weight excluding hydrogens is 300 g/mol. The van der Waals surface area contributed by atoms with Crippen molar-refractivity contribution >= 4 is 22.9 Å². The van der Waals surface area contributed by atoms with Crippen molar-refractivity contribution in [2.24, 2.45) is 0 Å². The summed E-state index contributed by atoms with van der Waals surface area (Å²) in [5.74, 6) is 0.619. The third-order valence-electron chi connectivity index (χ3n) is 3.62. The van der Waals surface area contributed by atoms with Gasteiger partial charge in [0.2, 0.25) is 0 Å². The largest absolute Gasteiger partial charge is 0.479 e. The molecule has 22 heavy (non-hydrogen) atoms. The number of nitrogens with zero attached hydrogens (tertiary/aromatic N) is 2. The van der Waals surface area contributed by atoms with Crippen LogP contribution in [0.4, 0.5) is 5.69 Å². The van der Waals surface area contributed by atoms with E-state index in [4.69, 9.17) is 9.84 Å².